The smallest absolute Gasteiger partial charge is 0.159 e. The van der Waals surface area contributed by atoms with Crippen molar-refractivity contribution in [1.29, 1.82) is 0 Å². The summed E-state index contributed by atoms with van der Waals surface area (Å²) in [4.78, 5) is 0. The van der Waals surface area contributed by atoms with Gasteiger partial charge in [-0.25, -0.2) is 0 Å². The fourth-order valence-corrected chi connectivity index (χ4v) is 7.67. The van der Waals surface area contributed by atoms with E-state index in [2.05, 4.69) is 161 Å². The third-order valence-corrected chi connectivity index (χ3v) is 9.63. The maximum Gasteiger partial charge on any atom is 0.159 e. The molecule has 0 bridgehead atoms. The molecular weight excluding hydrogens is 548 g/mol. The number of allylic oxidation sites excluding steroid dienone is 4. The first-order valence-corrected chi connectivity index (χ1v) is 15.6. The normalized spacial score (nSPS) is 15.3. The maximum absolute atomic E-state index is 6.66. The second-order valence-electron chi connectivity index (χ2n) is 12.1. The van der Waals surface area contributed by atoms with Crippen LogP contribution in [0.3, 0.4) is 0 Å². The summed E-state index contributed by atoms with van der Waals surface area (Å²) < 4.78 is 11.5. The lowest BCUT2D eigenvalue weighted by atomic mass is 9.95. The number of para-hydroxylation sites is 5. The van der Waals surface area contributed by atoms with Gasteiger partial charge in [-0.05, 0) is 60.0 Å². The van der Waals surface area contributed by atoms with Crippen molar-refractivity contribution in [3.8, 4) is 5.69 Å². The molecule has 0 radical (unpaired) electrons. The second-order valence-corrected chi connectivity index (χ2v) is 12.1. The molecule has 0 spiro atoms. The van der Waals surface area contributed by atoms with Gasteiger partial charge in [-0.1, -0.05) is 109 Å². The number of benzene rings is 6. The summed E-state index contributed by atoms with van der Waals surface area (Å²) in [6.45, 7) is 0. The van der Waals surface area contributed by atoms with Crippen molar-refractivity contribution in [1.82, 2.24) is 9.13 Å². The van der Waals surface area contributed by atoms with E-state index >= 15 is 0 Å². The minimum atomic E-state index is 0.230. The molecule has 1 unspecified atom stereocenters. The van der Waals surface area contributed by atoms with Gasteiger partial charge in [0, 0.05) is 43.4 Å². The number of furan rings is 1. The molecule has 3 heterocycles. The van der Waals surface area contributed by atoms with Gasteiger partial charge >= 0.3 is 0 Å². The molecule has 10 rings (SSSR count). The van der Waals surface area contributed by atoms with Gasteiger partial charge in [-0.3, -0.25) is 0 Å². The Labute approximate surface area is 259 Å². The molecule has 212 valence electrons. The molecule has 9 aromatic rings. The fraction of sp³-hybridized carbons (Fsp3) is 0.0476. The van der Waals surface area contributed by atoms with Crippen LogP contribution in [0.4, 0.5) is 0 Å². The molecule has 3 aromatic heterocycles. The summed E-state index contributed by atoms with van der Waals surface area (Å²) >= 11 is 0. The average molecular weight is 577 g/mol. The van der Waals surface area contributed by atoms with Gasteiger partial charge in [0.2, 0.25) is 0 Å². The van der Waals surface area contributed by atoms with Crippen molar-refractivity contribution in [3.63, 3.8) is 0 Å². The molecule has 0 saturated carbocycles. The van der Waals surface area contributed by atoms with Crippen LogP contribution in [0, 0.1) is 0 Å². The first-order valence-electron chi connectivity index (χ1n) is 15.6. The molecule has 0 fully saturated rings. The third kappa shape index (κ3) is 3.52. The Kier molecular flexibility index (Phi) is 5.11. The van der Waals surface area contributed by atoms with Crippen LogP contribution in [0.25, 0.3) is 76.8 Å². The Bertz CT molecular complexity index is 2590. The highest BCUT2D eigenvalue weighted by molar-refractivity contribution is 6.13. The predicted octanol–water partition coefficient (Wildman–Crippen LogP) is 11.4. The maximum atomic E-state index is 6.66. The highest BCUT2D eigenvalue weighted by Crippen LogP contribution is 2.40. The number of fused-ring (bicyclic) bond motifs is 9. The SMILES string of the molecule is C1=CC(c2ccc3oc4c(-n5c6ccccc6c6ccccc65)cccc4c3c2)=CC(n2c3ccccc3c3ccccc32)C1. The Morgan fingerprint density at radius 2 is 1.11 bits per heavy atom. The molecule has 0 amide bonds. The third-order valence-electron chi connectivity index (χ3n) is 9.63. The Morgan fingerprint density at radius 3 is 1.78 bits per heavy atom. The predicted molar refractivity (Wildman–Crippen MR) is 188 cm³/mol. The van der Waals surface area contributed by atoms with E-state index in [-0.39, 0.29) is 6.04 Å². The molecule has 6 aromatic carbocycles. The van der Waals surface area contributed by atoms with Crippen LogP contribution in [-0.4, -0.2) is 9.13 Å². The highest BCUT2D eigenvalue weighted by atomic mass is 16.3. The van der Waals surface area contributed by atoms with E-state index in [0.717, 1.165) is 34.0 Å². The van der Waals surface area contributed by atoms with E-state index in [1.54, 1.807) is 0 Å². The van der Waals surface area contributed by atoms with Gasteiger partial charge in [0.15, 0.2) is 5.58 Å². The number of aromatic nitrogens is 2. The zero-order chi connectivity index (χ0) is 29.5. The summed E-state index contributed by atoms with van der Waals surface area (Å²) in [5, 5.41) is 7.38. The van der Waals surface area contributed by atoms with E-state index in [1.165, 1.54) is 54.7 Å². The number of hydrogen-bond donors (Lipinski definition) is 0. The Morgan fingerprint density at radius 1 is 0.533 bits per heavy atom. The lowest BCUT2D eigenvalue weighted by Gasteiger charge is -2.21. The van der Waals surface area contributed by atoms with E-state index in [1.807, 2.05) is 0 Å². The van der Waals surface area contributed by atoms with E-state index in [0.29, 0.717) is 0 Å². The van der Waals surface area contributed by atoms with Gasteiger partial charge in [-0.2, -0.15) is 0 Å². The van der Waals surface area contributed by atoms with Crippen LogP contribution in [0.5, 0.6) is 0 Å². The summed E-state index contributed by atoms with van der Waals surface area (Å²) in [6, 6.07) is 48.2. The second kappa shape index (κ2) is 9.35. The standard InChI is InChI=1S/C42H28N2O/c1-5-18-36-30(13-1)31-14-2-6-19-37(31)43(36)29-12-9-11-27(25-29)28-23-24-41-35(26-28)34-17-10-22-40(42(34)45-41)44-38-20-7-3-15-32(38)33-16-4-8-21-39(33)44/h1-11,13-26,29H,12H2. The van der Waals surface area contributed by atoms with E-state index < -0.39 is 0 Å². The Balaban J connectivity index is 1.14. The molecule has 45 heavy (non-hydrogen) atoms. The molecule has 0 saturated heterocycles. The van der Waals surface area contributed by atoms with Crippen molar-refractivity contribution >= 4 is 71.1 Å². The van der Waals surface area contributed by atoms with Gasteiger partial charge in [0.25, 0.3) is 0 Å². The zero-order valence-electron chi connectivity index (χ0n) is 24.5. The largest absolute Gasteiger partial charge is 0.454 e. The lowest BCUT2D eigenvalue weighted by molar-refractivity contribution is 0.650. The van der Waals surface area contributed by atoms with Gasteiger partial charge in [-0.15, -0.1) is 0 Å². The molecular formula is C42H28N2O. The van der Waals surface area contributed by atoms with E-state index in [4.69, 9.17) is 4.42 Å². The number of rotatable bonds is 3. The number of hydrogen-bond acceptors (Lipinski definition) is 1. The van der Waals surface area contributed by atoms with Crippen molar-refractivity contribution in [2.45, 2.75) is 12.5 Å². The fourth-order valence-electron chi connectivity index (χ4n) is 7.67. The molecule has 1 atom stereocenters. The minimum Gasteiger partial charge on any atom is -0.454 e. The van der Waals surface area contributed by atoms with Crippen molar-refractivity contribution in [2.24, 2.45) is 0 Å². The molecule has 1 aliphatic rings. The summed E-state index contributed by atoms with van der Waals surface area (Å²) in [7, 11) is 0. The van der Waals surface area contributed by atoms with Crippen LogP contribution in [0.1, 0.15) is 18.0 Å². The quantitative estimate of drug-likeness (QED) is 0.205. The first kappa shape index (κ1) is 24.6. The molecule has 0 N–H and O–H groups in total. The first-order chi connectivity index (χ1) is 22.3. The van der Waals surface area contributed by atoms with Crippen LogP contribution in [0.15, 0.2) is 156 Å². The zero-order valence-corrected chi connectivity index (χ0v) is 24.5. The topological polar surface area (TPSA) is 23.0 Å². The summed E-state index contributed by atoms with van der Waals surface area (Å²) in [5.41, 5.74) is 10.2. The van der Waals surface area contributed by atoms with Crippen molar-refractivity contribution in [2.75, 3.05) is 0 Å². The average Bonchev–Trinajstić information content (AvgIpc) is 3.76. The van der Waals surface area contributed by atoms with Gasteiger partial charge < -0.3 is 13.6 Å². The lowest BCUT2D eigenvalue weighted by Crippen LogP contribution is -2.08. The number of nitrogens with zero attached hydrogens (tertiary/aromatic N) is 2. The van der Waals surface area contributed by atoms with Gasteiger partial charge in [0.1, 0.15) is 5.58 Å². The summed E-state index contributed by atoms with van der Waals surface area (Å²) in [5.74, 6) is 0. The molecule has 1 aliphatic carbocycles. The highest BCUT2D eigenvalue weighted by Gasteiger charge is 2.20. The van der Waals surface area contributed by atoms with Crippen molar-refractivity contribution < 1.29 is 4.42 Å². The summed E-state index contributed by atoms with van der Waals surface area (Å²) in [6.07, 6.45) is 8.00. The minimum absolute atomic E-state index is 0.230. The molecule has 0 aliphatic heterocycles. The Hall–Kier alpha value is -5.80. The van der Waals surface area contributed by atoms with Crippen LogP contribution in [0.2, 0.25) is 0 Å². The van der Waals surface area contributed by atoms with Crippen LogP contribution >= 0.6 is 0 Å². The van der Waals surface area contributed by atoms with Crippen molar-refractivity contribution in [3.05, 3.63) is 157 Å². The monoisotopic (exact) mass is 576 g/mol. The molecule has 3 nitrogen and oxygen atoms in total. The van der Waals surface area contributed by atoms with Crippen LogP contribution < -0.4 is 0 Å². The van der Waals surface area contributed by atoms with Gasteiger partial charge in [0.05, 0.1) is 22.8 Å². The molecule has 3 heteroatoms. The van der Waals surface area contributed by atoms with E-state index in [9.17, 15) is 0 Å². The van der Waals surface area contributed by atoms with Crippen LogP contribution in [-0.2, 0) is 0 Å².